The molecule has 9 heteroatoms. The van der Waals surface area contributed by atoms with Gasteiger partial charge in [0.1, 0.15) is 6.04 Å². The van der Waals surface area contributed by atoms with Gasteiger partial charge in [-0.1, -0.05) is 18.2 Å². The summed E-state index contributed by atoms with van der Waals surface area (Å²) in [6, 6.07) is 9.43. The van der Waals surface area contributed by atoms with Gasteiger partial charge >= 0.3 is 0 Å². The molecular weight excluding hydrogens is 386 g/mol. The van der Waals surface area contributed by atoms with Gasteiger partial charge in [-0.25, -0.2) is 13.1 Å². The average molecular weight is 408 g/mol. The van der Waals surface area contributed by atoms with Crippen LogP contribution in [0.3, 0.4) is 0 Å². The summed E-state index contributed by atoms with van der Waals surface area (Å²) in [5.74, 6) is -0.298. The molecule has 1 aliphatic heterocycles. The Hall–Kier alpha value is -2.23. The van der Waals surface area contributed by atoms with E-state index in [9.17, 15) is 18.0 Å². The van der Waals surface area contributed by atoms with E-state index >= 15 is 0 Å². The summed E-state index contributed by atoms with van der Waals surface area (Å²) in [5.41, 5.74) is 0.785. The molecule has 2 aromatic rings. The lowest BCUT2D eigenvalue weighted by atomic mass is 10.2. The largest absolute Gasteiger partial charge is 0.350 e. The van der Waals surface area contributed by atoms with Gasteiger partial charge in [0.05, 0.1) is 9.77 Å². The Morgan fingerprint density at radius 2 is 1.96 bits per heavy atom. The lowest BCUT2D eigenvalue weighted by Gasteiger charge is -2.23. The topological polar surface area (TPSA) is 95.6 Å². The van der Waals surface area contributed by atoms with Crippen LogP contribution in [0.2, 0.25) is 0 Å². The van der Waals surface area contributed by atoms with Crippen LogP contribution >= 0.6 is 11.3 Å². The van der Waals surface area contributed by atoms with Gasteiger partial charge in [-0.15, -0.1) is 11.3 Å². The highest BCUT2D eigenvalue weighted by Gasteiger charge is 2.34. The first-order chi connectivity index (χ1) is 12.9. The Kier molecular flexibility index (Phi) is 5.93. The van der Waals surface area contributed by atoms with E-state index in [1.54, 1.807) is 23.1 Å². The molecular formula is C18H21N3O4S2. The Morgan fingerprint density at radius 1 is 1.22 bits per heavy atom. The minimum Gasteiger partial charge on any atom is -0.350 e. The maximum Gasteiger partial charge on any atom is 0.264 e. The third-order valence-electron chi connectivity index (χ3n) is 4.52. The molecule has 1 aliphatic rings. The average Bonchev–Trinajstić information content (AvgIpc) is 3.37. The zero-order valence-electron chi connectivity index (χ0n) is 14.8. The fraction of sp³-hybridized carbons (Fsp3) is 0.333. The maximum absolute atomic E-state index is 12.6. The monoisotopic (exact) mass is 407 g/mol. The van der Waals surface area contributed by atoms with Crippen LogP contribution in [0.1, 0.15) is 28.1 Å². The number of rotatable bonds is 6. The molecule has 0 spiro atoms. The first kappa shape index (κ1) is 19.5. The number of carbonyl (C=O) groups is 2. The van der Waals surface area contributed by atoms with E-state index < -0.39 is 16.1 Å². The molecule has 27 heavy (non-hydrogen) atoms. The predicted octanol–water partition coefficient (Wildman–Crippen LogP) is 1.58. The van der Waals surface area contributed by atoms with Crippen LogP contribution < -0.4 is 10.0 Å². The Balaban J connectivity index is 1.61. The summed E-state index contributed by atoms with van der Waals surface area (Å²) >= 11 is 1.37. The molecule has 2 amide bonds. The molecule has 3 rings (SSSR count). The van der Waals surface area contributed by atoms with Crippen LogP contribution in [0.4, 0.5) is 0 Å². The number of sulfonamides is 1. The highest BCUT2D eigenvalue weighted by atomic mass is 32.2. The molecule has 0 unspecified atom stereocenters. The minimum absolute atomic E-state index is 0.107. The van der Waals surface area contributed by atoms with E-state index in [0.717, 1.165) is 12.0 Å². The molecule has 1 atom stereocenters. The number of hydrogen-bond acceptors (Lipinski definition) is 5. The van der Waals surface area contributed by atoms with Crippen molar-refractivity contribution in [2.75, 3.05) is 13.6 Å². The smallest absolute Gasteiger partial charge is 0.264 e. The van der Waals surface area contributed by atoms with Crippen LogP contribution in [0, 0.1) is 0 Å². The van der Waals surface area contributed by atoms with Crippen molar-refractivity contribution in [2.24, 2.45) is 0 Å². The van der Waals surface area contributed by atoms with Crippen molar-refractivity contribution in [1.29, 1.82) is 0 Å². The number of hydrogen-bond donors (Lipinski definition) is 2. The number of amides is 2. The highest BCUT2D eigenvalue weighted by Crippen LogP contribution is 2.22. The molecule has 1 fully saturated rings. The number of thiophene rings is 1. The van der Waals surface area contributed by atoms with Gasteiger partial charge in [-0.05, 0) is 49.0 Å². The summed E-state index contributed by atoms with van der Waals surface area (Å²) in [7, 11) is -2.12. The van der Waals surface area contributed by atoms with Gasteiger partial charge in [0.15, 0.2) is 0 Å². The van der Waals surface area contributed by atoms with Crippen LogP contribution in [0.5, 0.6) is 0 Å². The molecule has 0 bridgehead atoms. The predicted molar refractivity (Wildman–Crippen MR) is 103 cm³/mol. The quantitative estimate of drug-likeness (QED) is 0.760. The van der Waals surface area contributed by atoms with E-state index in [1.165, 1.54) is 30.5 Å². The van der Waals surface area contributed by atoms with Crippen molar-refractivity contribution >= 4 is 33.2 Å². The van der Waals surface area contributed by atoms with Crippen molar-refractivity contribution in [3.63, 3.8) is 0 Å². The number of benzene rings is 1. The normalized spacial score (nSPS) is 17.1. The molecule has 2 heterocycles. The van der Waals surface area contributed by atoms with E-state index in [1.807, 2.05) is 11.4 Å². The van der Waals surface area contributed by atoms with Crippen LogP contribution in [0.15, 0.2) is 46.7 Å². The fourth-order valence-electron chi connectivity index (χ4n) is 3.04. The molecule has 2 N–H and O–H groups in total. The number of carbonyl (C=O) groups excluding carboxylic acids is 2. The van der Waals surface area contributed by atoms with Crippen LogP contribution in [0.25, 0.3) is 0 Å². The van der Waals surface area contributed by atoms with Crippen molar-refractivity contribution < 1.29 is 18.0 Å². The van der Waals surface area contributed by atoms with Gasteiger partial charge in [-0.2, -0.15) is 0 Å². The van der Waals surface area contributed by atoms with E-state index in [4.69, 9.17) is 0 Å². The first-order valence-electron chi connectivity index (χ1n) is 8.57. The zero-order chi connectivity index (χ0) is 19.4. The molecule has 7 nitrogen and oxygen atoms in total. The second-order valence-electron chi connectivity index (χ2n) is 6.20. The van der Waals surface area contributed by atoms with Gasteiger partial charge in [0, 0.05) is 13.1 Å². The van der Waals surface area contributed by atoms with Gasteiger partial charge in [-0.3, -0.25) is 9.59 Å². The SMILES string of the molecule is CNS(=O)(=O)c1ccc(CNC(=O)[C@@H]2CCCN2C(=O)c2cccs2)cc1. The fourth-order valence-corrected chi connectivity index (χ4v) is 4.44. The molecule has 0 aliphatic carbocycles. The number of nitrogens with zero attached hydrogens (tertiary/aromatic N) is 1. The molecule has 1 aromatic heterocycles. The summed E-state index contributed by atoms with van der Waals surface area (Å²) in [6.07, 6.45) is 1.44. The lowest BCUT2D eigenvalue weighted by Crippen LogP contribution is -2.45. The summed E-state index contributed by atoms with van der Waals surface area (Å²) < 4.78 is 25.7. The zero-order valence-corrected chi connectivity index (χ0v) is 16.5. The van der Waals surface area contributed by atoms with E-state index in [0.29, 0.717) is 17.8 Å². The third kappa shape index (κ3) is 4.37. The summed E-state index contributed by atoms with van der Waals surface area (Å²) in [4.78, 5) is 27.6. The molecule has 1 aromatic carbocycles. The van der Waals surface area contributed by atoms with Crippen molar-refractivity contribution in [1.82, 2.24) is 14.9 Å². The standard InChI is InChI=1S/C18H21N3O4S2/c1-19-27(24,25)14-8-6-13(7-9-14)12-20-17(22)15-4-2-10-21(15)18(23)16-5-3-11-26-16/h3,5-9,11,15,19H,2,4,10,12H2,1H3,(H,20,22)/t15-/m0/s1. The summed E-state index contributed by atoms with van der Waals surface area (Å²) in [6.45, 7) is 0.849. The Morgan fingerprint density at radius 3 is 2.59 bits per heavy atom. The second-order valence-corrected chi connectivity index (χ2v) is 9.04. The maximum atomic E-state index is 12.6. The molecule has 1 saturated heterocycles. The van der Waals surface area contributed by atoms with E-state index in [2.05, 4.69) is 10.0 Å². The number of likely N-dealkylation sites (tertiary alicyclic amines) is 1. The van der Waals surface area contributed by atoms with Gasteiger partial charge in [0.25, 0.3) is 5.91 Å². The second kappa shape index (κ2) is 8.20. The lowest BCUT2D eigenvalue weighted by molar-refractivity contribution is -0.125. The van der Waals surface area contributed by atoms with Crippen molar-refractivity contribution in [3.05, 3.63) is 52.2 Å². The molecule has 0 saturated carbocycles. The van der Waals surface area contributed by atoms with Crippen molar-refractivity contribution in [2.45, 2.75) is 30.3 Å². The van der Waals surface area contributed by atoms with Crippen molar-refractivity contribution in [3.8, 4) is 0 Å². The van der Waals surface area contributed by atoms with E-state index in [-0.39, 0.29) is 23.3 Å². The van der Waals surface area contributed by atoms with Crippen LogP contribution in [-0.2, 0) is 21.4 Å². The summed E-state index contributed by atoms with van der Waals surface area (Å²) in [5, 5.41) is 4.69. The number of nitrogens with one attached hydrogen (secondary N) is 2. The van der Waals surface area contributed by atoms with Crippen LogP contribution in [-0.4, -0.2) is 44.8 Å². The minimum atomic E-state index is -3.48. The first-order valence-corrected chi connectivity index (χ1v) is 10.9. The Labute approximate surface area is 162 Å². The van der Waals surface area contributed by atoms with Gasteiger partial charge < -0.3 is 10.2 Å². The highest BCUT2D eigenvalue weighted by molar-refractivity contribution is 7.89. The third-order valence-corrected chi connectivity index (χ3v) is 6.81. The Bertz CT molecular complexity index is 909. The van der Waals surface area contributed by atoms with Gasteiger partial charge in [0.2, 0.25) is 15.9 Å². The molecule has 144 valence electrons. The molecule has 0 radical (unpaired) electrons.